The Hall–Kier alpha value is -2.36. The van der Waals surface area contributed by atoms with E-state index in [9.17, 15) is 0 Å². The minimum Gasteiger partial charge on any atom is -0.382 e. The van der Waals surface area contributed by atoms with Crippen LogP contribution in [0.5, 0.6) is 23.0 Å². The molecule has 4 rings (SSSR count). The normalized spacial score (nSPS) is 17.4. The molecule has 2 aromatic rings. The summed E-state index contributed by atoms with van der Waals surface area (Å²) in [7, 11) is 0. The van der Waals surface area contributed by atoms with Gasteiger partial charge in [-0.15, -0.1) is 0 Å². The van der Waals surface area contributed by atoms with Crippen LogP contribution in [0.15, 0.2) is 48.5 Å². The van der Waals surface area contributed by atoms with Crippen molar-refractivity contribution in [3.63, 3.8) is 0 Å². The van der Waals surface area contributed by atoms with Gasteiger partial charge in [-0.1, -0.05) is 24.3 Å². The summed E-state index contributed by atoms with van der Waals surface area (Å²) in [5, 5.41) is 0. The van der Waals surface area contributed by atoms with Crippen LogP contribution >= 0.6 is 0 Å². The van der Waals surface area contributed by atoms with Gasteiger partial charge >= 0.3 is 6.16 Å². The molecule has 0 aromatic heterocycles. The molecule has 0 atom stereocenters. The van der Waals surface area contributed by atoms with Crippen molar-refractivity contribution in [2.75, 3.05) is 0 Å². The van der Waals surface area contributed by atoms with Crippen molar-refractivity contribution in [1.82, 2.24) is 0 Å². The summed E-state index contributed by atoms with van der Waals surface area (Å²) >= 11 is 0. The van der Waals surface area contributed by atoms with Crippen molar-refractivity contribution in [2.45, 2.75) is 6.16 Å². The lowest BCUT2D eigenvalue weighted by Gasteiger charge is -2.17. The van der Waals surface area contributed by atoms with Gasteiger partial charge in [0.2, 0.25) is 0 Å². The SMILES string of the molecule is c1ccc2c(c1)OC1(O2)Oc2ccccc2O1. The van der Waals surface area contributed by atoms with Gasteiger partial charge in [-0.25, -0.2) is 0 Å². The largest absolute Gasteiger partial charge is 0.611 e. The Bertz CT molecular complexity index is 486. The molecule has 0 aliphatic carbocycles. The molecular formula is C13H8O4. The monoisotopic (exact) mass is 228 g/mol. The Kier molecular flexibility index (Phi) is 1.47. The Labute approximate surface area is 97.3 Å². The molecule has 2 heterocycles. The summed E-state index contributed by atoms with van der Waals surface area (Å²) < 4.78 is 22.3. The zero-order valence-electron chi connectivity index (χ0n) is 8.75. The van der Waals surface area contributed by atoms with Crippen LogP contribution in [0.25, 0.3) is 0 Å². The summed E-state index contributed by atoms with van der Waals surface area (Å²) in [5.41, 5.74) is 0. The van der Waals surface area contributed by atoms with Crippen LogP contribution in [0.2, 0.25) is 0 Å². The van der Waals surface area contributed by atoms with Crippen LogP contribution < -0.4 is 18.9 Å². The third kappa shape index (κ3) is 1.18. The van der Waals surface area contributed by atoms with Crippen molar-refractivity contribution in [3.8, 4) is 23.0 Å². The van der Waals surface area contributed by atoms with Gasteiger partial charge in [-0.2, -0.15) is 0 Å². The second kappa shape index (κ2) is 2.85. The molecule has 2 aliphatic heterocycles. The molecule has 0 saturated heterocycles. The molecule has 84 valence electrons. The topological polar surface area (TPSA) is 36.9 Å². The first-order chi connectivity index (χ1) is 8.35. The van der Waals surface area contributed by atoms with Gasteiger partial charge in [0.15, 0.2) is 23.0 Å². The first-order valence-corrected chi connectivity index (χ1v) is 5.29. The fourth-order valence-electron chi connectivity index (χ4n) is 1.90. The third-order valence-electron chi connectivity index (χ3n) is 2.64. The lowest BCUT2D eigenvalue weighted by Crippen LogP contribution is -2.47. The van der Waals surface area contributed by atoms with Crippen molar-refractivity contribution in [3.05, 3.63) is 48.5 Å². The Morgan fingerprint density at radius 1 is 0.529 bits per heavy atom. The Morgan fingerprint density at radius 2 is 0.824 bits per heavy atom. The zero-order valence-corrected chi connectivity index (χ0v) is 8.75. The molecule has 0 unspecified atom stereocenters. The van der Waals surface area contributed by atoms with Crippen molar-refractivity contribution >= 4 is 0 Å². The molecular weight excluding hydrogens is 220 g/mol. The van der Waals surface area contributed by atoms with E-state index in [-0.39, 0.29) is 0 Å². The smallest absolute Gasteiger partial charge is 0.382 e. The summed E-state index contributed by atoms with van der Waals surface area (Å²) in [6.45, 7) is 0. The predicted molar refractivity (Wildman–Crippen MR) is 58.1 cm³/mol. The lowest BCUT2D eigenvalue weighted by molar-refractivity contribution is -0.330. The van der Waals surface area contributed by atoms with Gasteiger partial charge in [-0.3, -0.25) is 0 Å². The number of benzene rings is 2. The molecule has 0 N–H and O–H groups in total. The number of para-hydroxylation sites is 4. The van der Waals surface area contributed by atoms with Crippen molar-refractivity contribution in [1.29, 1.82) is 0 Å². The highest BCUT2D eigenvalue weighted by atomic mass is 17.0. The predicted octanol–water partition coefficient (Wildman–Crippen LogP) is 2.54. The van der Waals surface area contributed by atoms with Gasteiger partial charge in [0, 0.05) is 0 Å². The molecule has 0 saturated carbocycles. The minimum atomic E-state index is -1.49. The Balaban J connectivity index is 1.72. The standard InChI is InChI=1S/C13H8O4/c1-2-6-10-9(5-1)14-13(15-10)16-11-7-3-4-8-12(11)17-13/h1-8H. The fourth-order valence-corrected chi connectivity index (χ4v) is 1.90. The minimum absolute atomic E-state index is 0.611. The second-order valence-electron chi connectivity index (χ2n) is 3.80. The zero-order chi connectivity index (χ0) is 11.3. The van der Waals surface area contributed by atoms with E-state index in [0.717, 1.165) is 0 Å². The van der Waals surface area contributed by atoms with Gasteiger partial charge in [0.25, 0.3) is 0 Å². The molecule has 2 aliphatic rings. The summed E-state index contributed by atoms with van der Waals surface area (Å²) in [5.74, 6) is 2.45. The first-order valence-electron chi connectivity index (χ1n) is 5.29. The van der Waals surface area contributed by atoms with Crippen molar-refractivity contribution in [2.24, 2.45) is 0 Å². The highest BCUT2D eigenvalue weighted by molar-refractivity contribution is 5.46. The quantitative estimate of drug-likeness (QED) is 0.694. The number of hydrogen-bond donors (Lipinski definition) is 0. The van der Waals surface area contributed by atoms with Gasteiger partial charge in [0.1, 0.15) is 0 Å². The summed E-state index contributed by atoms with van der Waals surface area (Å²) in [6.07, 6.45) is -1.49. The maximum atomic E-state index is 5.57. The average molecular weight is 228 g/mol. The Morgan fingerprint density at radius 3 is 1.12 bits per heavy atom. The van der Waals surface area contributed by atoms with Gasteiger partial charge in [-0.05, 0) is 24.3 Å². The van der Waals surface area contributed by atoms with E-state index in [2.05, 4.69) is 0 Å². The van der Waals surface area contributed by atoms with Crippen LogP contribution in [0.1, 0.15) is 0 Å². The van der Waals surface area contributed by atoms with Crippen LogP contribution in [0.3, 0.4) is 0 Å². The maximum absolute atomic E-state index is 5.57. The molecule has 0 radical (unpaired) electrons. The summed E-state index contributed by atoms with van der Waals surface area (Å²) in [6, 6.07) is 14.7. The van der Waals surface area contributed by atoms with Gasteiger partial charge in [0.05, 0.1) is 0 Å². The van der Waals surface area contributed by atoms with E-state index in [1.807, 2.05) is 24.3 Å². The number of ether oxygens (including phenoxy) is 4. The van der Waals surface area contributed by atoms with Crippen LogP contribution in [-0.2, 0) is 0 Å². The van der Waals surface area contributed by atoms with E-state index < -0.39 is 6.16 Å². The van der Waals surface area contributed by atoms with Crippen LogP contribution in [0.4, 0.5) is 0 Å². The molecule has 4 heteroatoms. The fraction of sp³-hybridized carbons (Fsp3) is 0.0769. The number of rotatable bonds is 0. The molecule has 4 nitrogen and oxygen atoms in total. The van der Waals surface area contributed by atoms with Crippen LogP contribution in [0, 0.1) is 0 Å². The molecule has 0 amide bonds. The molecule has 0 bridgehead atoms. The van der Waals surface area contributed by atoms with Gasteiger partial charge < -0.3 is 18.9 Å². The highest BCUT2D eigenvalue weighted by Gasteiger charge is 2.53. The van der Waals surface area contributed by atoms with E-state index in [4.69, 9.17) is 18.9 Å². The van der Waals surface area contributed by atoms with E-state index in [0.29, 0.717) is 23.0 Å². The molecule has 0 fully saturated rings. The van der Waals surface area contributed by atoms with Crippen LogP contribution in [-0.4, -0.2) is 6.16 Å². The lowest BCUT2D eigenvalue weighted by atomic mass is 10.3. The molecule has 1 spiro atoms. The highest BCUT2D eigenvalue weighted by Crippen LogP contribution is 2.46. The van der Waals surface area contributed by atoms with E-state index >= 15 is 0 Å². The summed E-state index contributed by atoms with van der Waals surface area (Å²) in [4.78, 5) is 0. The van der Waals surface area contributed by atoms with E-state index in [1.54, 1.807) is 24.3 Å². The van der Waals surface area contributed by atoms with Crippen molar-refractivity contribution < 1.29 is 18.9 Å². The first kappa shape index (κ1) is 8.75. The molecule has 2 aromatic carbocycles. The van der Waals surface area contributed by atoms with E-state index in [1.165, 1.54) is 0 Å². The third-order valence-corrected chi connectivity index (χ3v) is 2.64. The number of hydrogen-bond acceptors (Lipinski definition) is 4. The second-order valence-corrected chi connectivity index (χ2v) is 3.80. The number of fused-ring (bicyclic) bond motifs is 2. The average Bonchev–Trinajstić information content (AvgIpc) is 2.87. The molecule has 17 heavy (non-hydrogen) atoms. The maximum Gasteiger partial charge on any atom is 0.611 e.